The topological polar surface area (TPSA) is 41.6 Å². The fourth-order valence-electron chi connectivity index (χ4n) is 2.12. The Morgan fingerprint density at radius 2 is 2.00 bits per heavy atom. The van der Waals surface area contributed by atoms with Crippen LogP contribution in [-0.4, -0.2) is 37.7 Å². The molecule has 0 bridgehead atoms. The van der Waals surface area contributed by atoms with Gasteiger partial charge >= 0.3 is 0 Å². The van der Waals surface area contributed by atoms with Crippen LogP contribution in [0.1, 0.15) is 19.4 Å². The largest absolute Gasteiger partial charge is 0.363 e. The first-order valence-corrected chi connectivity index (χ1v) is 6.76. The summed E-state index contributed by atoms with van der Waals surface area (Å²) in [4.78, 5) is 14.0. The molecule has 19 heavy (non-hydrogen) atoms. The molecule has 0 spiro atoms. The van der Waals surface area contributed by atoms with E-state index in [4.69, 9.17) is 4.74 Å². The van der Waals surface area contributed by atoms with Crippen molar-refractivity contribution in [2.45, 2.75) is 26.4 Å². The number of aryl methyl sites for hydroxylation is 1. The van der Waals surface area contributed by atoms with Crippen molar-refractivity contribution in [1.82, 2.24) is 5.32 Å². The van der Waals surface area contributed by atoms with E-state index in [1.165, 1.54) is 5.56 Å². The molecule has 1 aromatic carbocycles. The maximum atomic E-state index is 12.2. The monoisotopic (exact) mass is 262 g/mol. The van der Waals surface area contributed by atoms with Gasteiger partial charge in [-0.05, 0) is 32.9 Å². The first-order chi connectivity index (χ1) is 9.04. The highest BCUT2D eigenvalue weighted by Gasteiger charge is 2.33. The fourth-order valence-corrected chi connectivity index (χ4v) is 2.12. The number of amides is 1. The minimum atomic E-state index is -0.178. The van der Waals surface area contributed by atoms with Gasteiger partial charge in [-0.2, -0.15) is 0 Å². The summed E-state index contributed by atoms with van der Waals surface area (Å²) >= 11 is 0. The molecule has 1 fully saturated rings. The van der Waals surface area contributed by atoms with E-state index in [0.717, 1.165) is 18.8 Å². The molecule has 4 heteroatoms. The average molecular weight is 262 g/mol. The Kier molecular flexibility index (Phi) is 4.22. The lowest BCUT2D eigenvalue weighted by Crippen LogP contribution is -2.59. The third kappa shape index (κ3) is 3.33. The van der Waals surface area contributed by atoms with Gasteiger partial charge in [0, 0.05) is 25.3 Å². The molecule has 104 valence electrons. The molecule has 1 amide bonds. The number of carbonyl (C=O) groups excluding carboxylic acids is 1. The van der Waals surface area contributed by atoms with Crippen LogP contribution in [0.3, 0.4) is 0 Å². The zero-order chi connectivity index (χ0) is 13.9. The smallest absolute Gasteiger partial charge is 0.252 e. The van der Waals surface area contributed by atoms with Crippen LogP contribution >= 0.6 is 0 Å². The van der Waals surface area contributed by atoms with Crippen LogP contribution in [0.2, 0.25) is 0 Å². The molecule has 1 saturated heterocycles. The minimum Gasteiger partial charge on any atom is -0.363 e. The zero-order valence-corrected chi connectivity index (χ0v) is 11.9. The van der Waals surface area contributed by atoms with Gasteiger partial charge in [0.2, 0.25) is 0 Å². The van der Waals surface area contributed by atoms with Gasteiger partial charge in [-0.25, -0.2) is 0 Å². The van der Waals surface area contributed by atoms with Crippen molar-refractivity contribution in [3.63, 3.8) is 0 Å². The van der Waals surface area contributed by atoms with Gasteiger partial charge in [0.05, 0.1) is 5.60 Å². The molecule has 0 unspecified atom stereocenters. The molecule has 0 aromatic heterocycles. The van der Waals surface area contributed by atoms with E-state index in [1.807, 2.05) is 45.0 Å². The highest BCUT2D eigenvalue weighted by Crippen LogP contribution is 2.18. The fraction of sp³-hybridized carbons (Fsp3) is 0.533. The standard InChI is InChI=1S/C15H22N2O2/c1-4-17(13-7-5-12(2)6-8-13)14(18)9-19-15(3)10-16-11-15/h5-8,16H,4,9-11H2,1-3H3. The Hall–Kier alpha value is -1.39. The number of likely N-dealkylation sites (N-methyl/N-ethyl adjacent to an activating group) is 1. The minimum absolute atomic E-state index is 0.0134. The van der Waals surface area contributed by atoms with E-state index in [0.29, 0.717) is 6.54 Å². The lowest BCUT2D eigenvalue weighted by molar-refractivity contribution is -0.133. The number of rotatable bonds is 5. The highest BCUT2D eigenvalue weighted by molar-refractivity contribution is 5.94. The van der Waals surface area contributed by atoms with Crippen LogP contribution in [0, 0.1) is 6.92 Å². The van der Waals surface area contributed by atoms with Gasteiger partial charge in [0.25, 0.3) is 5.91 Å². The third-order valence-electron chi connectivity index (χ3n) is 3.50. The number of nitrogens with zero attached hydrogens (tertiary/aromatic N) is 1. The Morgan fingerprint density at radius 1 is 1.37 bits per heavy atom. The summed E-state index contributed by atoms with van der Waals surface area (Å²) in [5.74, 6) is 0.0134. The van der Waals surface area contributed by atoms with E-state index >= 15 is 0 Å². The van der Waals surface area contributed by atoms with E-state index in [-0.39, 0.29) is 18.1 Å². The molecule has 1 aliphatic heterocycles. The zero-order valence-electron chi connectivity index (χ0n) is 11.9. The molecule has 4 nitrogen and oxygen atoms in total. The van der Waals surface area contributed by atoms with Crippen LogP contribution < -0.4 is 10.2 Å². The van der Waals surface area contributed by atoms with Gasteiger partial charge < -0.3 is 15.0 Å². The average Bonchev–Trinajstić information content (AvgIpc) is 2.37. The van der Waals surface area contributed by atoms with Crippen molar-refractivity contribution in [1.29, 1.82) is 0 Å². The summed E-state index contributed by atoms with van der Waals surface area (Å²) in [6.07, 6.45) is 0. The van der Waals surface area contributed by atoms with E-state index in [9.17, 15) is 4.79 Å². The van der Waals surface area contributed by atoms with Crippen LogP contribution in [-0.2, 0) is 9.53 Å². The predicted molar refractivity (Wildman–Crippen MR) is 76.4 cm³/mol. The van der Waals surface area contributed by atoms with Crippen LogP contribution in [0.15, 0.2) is 24.3 Å². The van der Waals surface area contributed by atoms with Crippen LogP contribution in [0.4, 0.5) is 5.69 Å². The molecule has 1 heterocycles. The second-order valence-corrected chi connectivity index (χ2v) is 5.32. The quantitative estimate of drug-likeness (QED) is 0.878. The van der Waals surface area contributed by atoms with Gasteiger partial charge in [-0.1, -0.05) is 17.7 Å². The Morgan fingerprint density at radius 3 is 2.47 bits per heavy atom. The normalized spacial score (nSPS) is 16.8. The number of nitrogens with one attached hydrogen (secondary N) is 1. The molecule has 1 aromatic rings. The van der Waals surface area contributed by atoms with Crippen molar-refractivity contribution in [3.8, 4) is 0 Å². The van der Waals surface area contributed by atoms with Crippen molar-refractivity contribution in [2.24, 2.45) is 0 Å². The van der Waals surface area contributed by atoms with E-state index < -0.39 is 0 Å². The summed E-state index contributed by atoms with van der Waals surface area (Å²) in [5.41, 5.74) is 1.94. The molecule has 0 aliphatic carbocycles. The molecule has 2 rings (SSSR count). The Bertz CT molecular complexity index is 438. The summed E-state index contributed by atoms with van der Waals surface area (Å²) in [6.45, 7) is 8.47. The van der Waals surface area contributed by atoms with Crippen molar-refractivity contribution >= 4 is 11.6 Å². The third-order valence-corrected chi connectivity index (χ3v) is 3.50. The number of carbonyl (C=O) groups is 1. The molecular weight excluding hydrogens is 240 g/mol. The molecular formula is C15H22N2O2. The first kappa shape index (κ1) is 14.0. The van der Waals surface area contributed by atoms with Gasteiger partial charge in [0.15, 0.2) is 0 Å². The van der Waals surface area contributed by atoms with Crippen LogP contribution in [0.5, 0.6) is 0 Å². The van der Waals surface area contributed by atoms with E-state index in [1.54, 1.807) is 4.90 Å². The number of benzene rings is 1. The van der Waals surface area contributed by atoms with Gasteiger partial charge in [-0.15, -0.1) is 0 Å². The first-order valence-electron chi connectivity index (χ1n) is 6.76. The van der Waals surface area contributed by atoms with Crippen LogP contribution in [0.25, 0.3) is 0 Å². The summed E-state index contributed by atoms with van der Waals surface area (Å²) in [6, 6.07) is 7.99. The summed E-state index contributed by atoms with van der Waals surface area (Å²) in [7, 11) is 0. The number of hydrogen-bond acceptors (Lipinski definition) is 3. The van der Waals surface area contributed by atoms with Gasteiger partial charge in [0.1, 0.15) is 6.61 Å². The second-order valence-electron chi connectivity index (χ2n) is 5.32. The van der Waals surface area contributed by atoms with E-state index in [2.05, 4.69) is 5.32 Å². The molecule has 0 saturated carbocycles. The lowest BCUT2D eigenvalue weighted by Gasteiger charge is -2.39. The second kappa shape index (κ2) is 5.72. The van der Waals surface area contributed by atoms with Crippen molar-refractivity contribution in [3.05, 3.63) is 29.8 Å². The predicted octanol–water partition coefficient (Wildman–Crippen LogP) is 1.73. The molecule has 0 atom stereocenters. The SMILES string of the molecule is CCN(C(=O)COC1(C)CNC1)c1ccc(C)cc1. The Labute approximate surface area is 114 Å². The number of anilines is 1. The number of hydrogen-bond donors (Lipinski definition) is 1. The highest BCUT2D eigenvalue weighted by atomic mass is 16.5. The van der Waals surface area contributed by atoms with Crippen molar-refractivity contribution in [2.75, 3.05) is 31.1 Å². The molecule has 1 aliphatic rings. The maximum Gasteiger partial charge on any atom is 0.252 e. The lowest BCUT2D eigenvalue weighted by atomic mass is 10.0. The summed E-state index contributed by atoms with van der Waals surface area (Å²) < 4.78 is 5.70. The Balaban J connectivity index is 1.96. The summed E-state index contributed by atoms with van der Waals surface area (Å²) in [5, 5.41) is 3.16. The van der Waals surface area contributed by atoms with Crippen molar-refractivity contribution < 1.29 is 9.53 Å². The molecule has 1 N–H and O–H groups in total. The number of ether oxygens (including phenoxy) is 1. The maximum absolute atomic E-state index is 12.2. The molecule has 0 radical (unpaired) electrons. The van der Waals surface area contributed by atoms with Gasteiger partial charge in [-0.3, -0.25) is 4.79 Å².